The minimum absolute atomic E-state index is 0.292. The van der Waals surface area contributed by atoms with Crippen LogP contribution < -0.4 is 10.1 Å². The number of hydrogen-bond acceptors (Lipinski definition) is 4. The Morgan fingerprint density at radius 1 is 1.00 bits per heavy atom. The predicted octanol–water partition coefficient (Wildman–Crippen LogP) is 4.97. The number of imidazole rings is 1. The number of nitrogens with zero attached hydrogens (tertiary/aromatic N) is 3. The number of carbonyl (C=O) groups excluding carboxylic acids is 1. The molecule has 0 unspecified atom stereocenters. The van der Waals surface area contributed by atoms with E-state index in [1.54, 1.807) is 59.7 Å². The Balaban J connectivity index is 1.53. The highest BCUT2D eigenvalue weighted by molar-refractivity contribution is 6.32. The normalized spacial score (nSPS) is 10.5. The van der Waals surface area contributed by atoms with Gasteiger partial charge in [-0.15, -0.1) is 0 Å². The molecule has 0 aliphatic carbocycles. The van der Waals surface area contributed by atoms with Crippen LogP contribution in [-0.2, 0) is 0 Å². The number of rotatable bonds is 5. The molecule has 2 aromatic heterocycles. The molecule has 0 aliphatic heterocycles. The van der Waals surface area contributed by atoms with Gasteiger partial charge in [0.05, 0.1) is 16.3 Å². The third-order valence-electron chi connectivity index (χ3n) is 3.97. The van der Waals surface area contributed by atoms with Crippen LogP contribution in [0.2, 0.25) is 5.02 Å². The van der Waals surface area contributed by atoms with Gasteiger partial charge in [-0.25, -0.2) is 9.97 Å². The van der Waals surface area contributed by atoms with Gasteiger partial charge < -0.3 is 10.1 Å². The summed E-state index contributed by atoms with van der Waals surface area (Å²) >= 11 is 6.16. The van der Waals surface area contributed by atoms with Gasteiger partial charge in [-0.3, -0.25) is 9.36 Å². The van der Waals surface area contributed by atoms with Crippen molar-refractivity contribution >= 4 is 23.2 Å². The number of halogens is 1. The van der Waals surface area contributed by atoms with Crippen molar-refractivity contribution in [2.75, 3.05) is 5.32 Å². The van der Waals surface area contributed by atoms with Gasteiger partial charge in [-0.2, -0.15) is 0 Å². The average Bonchev–Trinajstić information content (AvgIpc) is 3.26. The zero-order valence-corrected chi connectivity index (χ0v) is 15.4. The molecule has 138 valence electrons. The summed E-state index contributed by atoms with van der Waals surface area (Å²) in [6, 6.07) is 17.8. The van der Waals surface area contributed by atoms with Crippen molar-refractivity contribution in [3.63, 3.8) is 0 Å². The van der Waals surface area contributed by atoms with E-state index in [9.17, 15) is 4.79 Å². The Labute approximate surface area is 166 Å². The third kappa shape index (κ3) is 3.87. The Kier molecular flexibility index (Phi) is 5.03. The van der Waals surface area contributed by atoms with Crippen LogP contribution in [0.3, 0.4) is 0 Å². The van der Waals surface area contributed by atoms with E-state index in [1.165, 1.54) is 6.20 Å². The first-order chi connectivity index (χ1) is 13.7. The summed E-state index contributed by atoms with van der Waals surface area (Å²) in [5.41, 5.74) is 0.961. The fourth-order valence-corrected chi connectivity index (χ4v) is 2.74. The number of anilines is 1. The molecule has 4 rings (SSSR count). The maximum absolute atomic E-state index is 12.6. The number of benzene rings is 2. The van der Waals surface area contributed by atoms with Gasteiger partial charge in [-0.05, 0) is 36.4 Å². The van der Waals surface area contributed by atoms with Crippen molar-refractivity contribution in [1.82, 2.24) is 14.5 Å². The van der Waals surface area contributed by atoms with Crippen LogP contribution in [0.4, 0.5) is 5.69 Å². The minimum atomic E-state index is -0.292. The van der Waals surface area contributed by atoms with Crippen molar-refractivity contribution in [3.05, 3.63) is 96.2 Å². The molecular formula is C21H15ClN4O2. The van der Waals surface area contributed by atoms with E-state index >= 15 is 0 Å². The van der Waals surface area contributed by atoms with Crippen LogP contribution in [0, 0.1) is 0 Å². The molecule has 4 aromatic rings. The van der Waals surface area contributed by atoms with Gasteiger partial charge in [0.1, 0.15) is 17.9 Å². The Bertz CT molecular complexity index is 1100. The van der Waals surface area contributed by atoms with Gasteiger partial charge >= 0.3 is 0 Å². The molecule has 0 aliphatic rings. The molecule has 0 saturated carbocycles. The topological polar surface area (TPSA) is 69.0 Å². The quantitative estimate of drug-likeness (QED) is 0.522. The zero-order valence-electron chi connectivity index (χ0n) is 14.6. The Morgan fingerprint density at radius 3 is 2.50 bits per heavy atom. The number of nitrogens with one attached hydrogen (secondary N) is 1. The molecule has 0 saturated heterocycles. The van der Waals surface area contributed by atoms with Crippen LogP contribution in [0.1, 0.15) is 10.4 Å². The fourth-order valence-electron chi connectivity index (χ4n) is 2.57. The molecule has 1 N–H and O–H groups in total. The first-order valence-corrected chi connectivity index (χ1v) is 8.85. The average molecular weight is 391 g/mol. The lowest BCUT2D eigenvalue weighted by Gasteiger charge is -2.13. The highest BCUT2D eigenvalue weighted by Gasteiger charge is 2.12. The van der Waals surface area contributed by atoms with E-state index in [1.807, 2.05) is 24.3 Å². The van der Waals surface area contributed by atoms with Crippen LogP contribution in [0.25, 0.3) is 5.82 Å². The number of carbonyl (C=O) groups is 1. The van der Waals surface area contributed by atoms with E-state index in [0.29, 0.717) is 33.6 Å². The molecule has 28 heavy (non-hydrogen) atoms. The highest BCUT2D eigenvalue weighted by Crippen LogP contribution is 2.33. The molecule has 2 heterocycles. The van der Waals surface area contributed by atoms with Gasteiger partial charge in [0.25, 0.3) is 5.91 Å². The maximum Gasteiger partial charge on any atom is 0.257 e. The fraction of sp³-hybridized carbons (Fsp3) is 0. The summed E-state index contributed by atoms with van der Waals surface area (Å²) in [4.78, 5) is 20.9. The predicted molar refractivity (Wildman–Crippen MR) is 107 cm³/mol. The van der Waals surface area contributed by atoms with Gasteiger partial charge in [0, 0.05) is 18.6 Å². The molecule has 0 radical (unpaired) electrons. The SMILES string of the molecule is O=C(Nc1ccccc1Oc1ccccc1Cl)c1ccc(-n2ccnc2)nc1. The number of pyridine rings is 1. The second-order valence-corrected chi connectivity index (χ2v) is 6.26. The van der Waals surface area contributed by atoms with Crippen LogP contribution >= 0.6 is 11.6 Å². The molecule has 7 heteroatoms. The summed E-state index contributed by atoms with van der Waals surface area (Å²) in [5, 5.41) is 3.34. The molecule has 2 aromatic carbocycles. The summed E-state index contributed by atoms with van der Waals surface area (Å²) in [6.45, 7) is 0. The van der Waals surface area contributed by atoms with Crippen molar-refractivity contribution in [2.24, 2.45) is 0 Å². The first kappa shape index (κ1) is 17.8. The molecule has 0 atom stereocenters. The van der Waals surface area contributed by atoms with E-state index < -0.39 is 0 Å². The van der Waals surface area contributed by atoms with Crippen molar-refractivity contribution in [1.29, 1.82) is 0 Å². The lowest BCUT2D eigenvalue weighted by Crippen LogP contribution is -2.13. The number of aromatic nitrogens is 3. The molecule has 1 amide bonds. The Hall–Kier alpha value is -3.64. The second-order valence-electron chi connectivity index (χ2n) is 5.86. The maximum atomic E-state index is 12.6. The molecule has 6 nitrogen and oxygen atoms in total. The van der Waals surface area contributed by atoms with Crippen molar-refractivity contribution < 1.29 is 9.53 Å². The zero-order chi connectivity index (χ0) is 19.3. The largest absolute Gasteiger partial charge is 0.454 e. The summed E-state index contributed by atoms with van der Waals surface area (Å²) < 4.78 is 7.63. The number of para-hydroxylation sites is 3. The number of ether oxygens (including phenoxy) is 1. The first-order valence-electron chi connectivity index (χ1n) is 8.48. The monoisotopic (exact) mass is 390 g/mol. The van der Waals surface area contributed by atoms with Gasteiger partial charge in [0.2, 0.25) is 0 Å². The van der Waals surface area contributed by atoms with Crippen molar-refractivity contribution in [3.8, 4) is 17.3 Å². The number of hydrogen-bond donors (Lipinski definition) is 1. The van der Waals surface area contributed by atoms with E-state index in [2.05, 4.69) is 15.3 Å². The summed E-state index contributed by atoms with van der Waals surface area (Å²) in [5.74, 6) is 1.39. The molecule has 0 spiro atoms. The van der Waals surface area contributed by atoms with Crippen LogP contribution in [0.5, 0.6) is 11.5 Å². The Morgan fingerprint density at radius 2 is 1.79 bits per heavy atom. The third-order valence-corrected chi connectivity index (χ3v) is 4.28. The van der Waals surface area contributed by atoms with Crippen LogP contribution in [-0.4, -0.2) is 20.4 Å². The standard InChI is InChI=1S/C21H15ClN4O2/c22-16-5-1-3-7-18(16)28-19-8-4-2-6-17(19)25-21(27)15-9-10-20(24-13-15)26-12-11-23-14-26/h1-14H,(H,25,27). The molecule has 0 bridgehead atoms. The highest BCUT2D eigenvalue weighted by atomic mass is 35.5. The second kappa shape index (κ2) is 7.94. The minimum Gasteiger partial charge on any atom is -0.454 e. The number of amides is 1. The lowest BCUT2D eigenvalue weighted by molar-refractivity contribution is 0.102. The lowest BCUT2D eigenvalue weighted by atomic mass is 10.2. The van der Waals surface area contributed by atoms with Crippen LogP contribution in [0.15, 0.2) is 85.6 Å². The summed E-state index contributed by atoms with van der Waals surface area (Å²) in [6.07, 6.45) is 6.61. The smallest absolute Gasteiger partial charge is 0.257 e. The van der Waals surface area contributed by atoms with Gasteiger partial charge in [-0.1, -0.05) is 35.9 Å². The molecule has 0 fully saturated rings. The van der Waals surface area contributed by atoms with Crippen molar-refractivity contribution in [2.45, 2.75) is 0 Å². The van der Waals surface area contributed by atoms with E-state index in [0.717, 1.165) is 0 Å². The summed E-state index contributed by atoms with van der Waals surface area (Å²) in [7, 11) is 0. The van der Waals surface area contributed by atoms with E-state index in [-0.39, 0.29) is 5.91 Å². The van der Waals surface area contributed by atoms with Gasteiger partial charge in [0.15, 0.2) is 5.75 Å². The molecular weight excluding hydrogens is 376 g/mol. The van der Waals surface area contributed by atoms with E-state index in [4.69, 9.17) is 16.3 Å².